The number of likely N-dealkylation sites (tertiary alicyclic amines) is 1. The van der Waals surface area contributed by atoms with Crippen molar-refractivity contribution in [2.45, 2.75) is 39.7 Å². The highest BCUT2D eigenvalue weighted by molar-refractivity contribution is 5.01. The van der Waals surface area contributed by atoms with Gasteiger partial charge < -0.3 is 5.32 Å². The molecule has 0 amide bonds. The number of rotatable bonds is 5. The van der Waals surface area contributed by atoms with Crippen molar-refractivity contribution in [1.29, 1.82) is 0 Å². The molecule has 2 atom stereocenters. The maximum Gasteiger partial charge on any atom is 0.0205 e. The molecule has 2 nitrogen and oxygen atoms in total. The Balaban J connectivity index is 2.28. The third-order valence-corrected chi connectivity index (χ3v) is 3.33. The monoisotopic (exact) mass is 210 g/mol. The minimum atomic E-state index is 0.729. The van der Waals surface area contributed by atoms with Gasteiger partial charge in [0.25, 0.3) is 0 Å². The normalized spacial score (nSPS) is 27.9. The first-order chi connectivity index (χ1) is 7.13. The van der Waals surface area contributed by atoms with Gasteiger partial charge in [-0.05, 0) is 44.3 Å². The molecule has 0 aromatic carbocycles. The third kappa shape index (κ3) is 4.35. The van der Waals surface area contributed by atoms with Gasteiger partial charge >= 0.3 is 0 Å². The van der Waals surface area contributed by atoms with Crippen molar-refractivity contribution in [1.82, 2.24) is 10.2 Å². The molecule has 1 fully saturated rings. The summed E-state index contributed by atoms with van der Waals surface area (Å²) < 4.78 is 0. The number of hydrogen-bond acceptors (Lipinski definition) is 2. The highest BCUT2D eigenvalue weighted by Crippen LogP contribution is 2.22. The molecule has 0 aromatic rings. The van der Waals surface area contributed by atoms with Crippen LogP contribution in [0.2, 0.25) is 0 Å². The summed E-state index contributed by atoms with van der Waals surface area (Å²) in [5, 5.41) is 3.34. The molecule has 1 heterocycles. The molecular weight excluding hydrogens is 184 g/mol. The van der Waals surface area contributed by atoms with Crippen molar-refractivity contribution in [3.05, 3.63) is 12.2 Å². The fourth-order valence-electron chi connectivity index (χ4n) is 2.34. The first-order valence-electron chi connectivity index (χ1n) is 6.24. The van der Waals surface area contributed by atoms with Crippen LogP contribution >= 0.6 is 0 Å². The summed E-state index contributed by atoms with van der Waals surface area (Å²) >= 11 is 0. The molecule has 1 aliphatic rings. The Morgan fingerprint density at radius 3 is 2.80 bits per heavy atom. The highest BCUT2D eigenvalue weighted by Gasteiger charge is 2.22. The molecule has 0 radical (unpaired) electrons. The second-order valence-electron chi connectivity index (χ2n) is 4.98. The Hall–Kier alpha value is -0.340. The minimum absolute atomic E-state index is 0.729. The third-order valence-electron chi connectivity index (χ3n) is 3.33. The molecule has 1 saturated heterocycles. The SMILES string of the molecule is C=C(CNCC)CN1CCC(C)CC1C. The van der Waals surface area contributed by atoms with Crippen LogP contribution in [0.25, 0.3) is 0 Å². The van der Waals surface area contributed by atoms with Crippen LogP contribution in [-0.4, -0.2) is 37.1 Å². The molecule has 1 rings (SSSR count). The Morgan fingerprint density at radius 1 is 1.47 bits per heavy atom. The number of piperidine rings is 1. The van der Waals surface area contributed by atoms with E-state index in [-0.39, 0.29) is 0 Å². The second kappa shape index (κ2) is 6.29. The predicted molar refractivity (Wildman–Crippen MR) is 67.1 cm³/mol. The van der Waals surface area contributed by atoms with E-state index in [1.807, 2.05) is 0 Å². The summed E-state index contributed by atoms with van der Waals surface area (Å²) in [7, 11) is 0. The maximum atomic E-state index is 4.14. The average molecular weight is 210 g/mol. The fraction of sp³-hybridized carbons (Fsp3) is 0.846. The molecule has 0 bridgehead atoms. The topological polar surface area (TPSA) is 15.3 Å². The van der Waals surface area contributed by atoms with E-state index in [0.29, 0.717) is 0 Å². The van der Waals surface area contributed by atoms with Crippen molar-refractivity contribution in [2.75, 3.05) is 26.2 Å². The van der Waals surface area contributed by atoms with Crippen molar-refractivity contribution >= 4 is 0 Å². The molecule has 1 N–H and O–H groups in total. The van der Waals surface area contributed by atoms with Crippen LogP contribution < -0.4 is 5.32 Å². The largest absolute Gasteiger partial charge is 0.313 e. The molecular formula is C13H26N2. The van der Waals surface area contributed by atoms with Crippen LogP contribution in [0.1, 0.15) is 33.6 Å². The summed E-state index contributed by atoms with van der Waals surface area (Å²) in [6.45, 7) is 15.3. The van der Waals surface area contributed by atoms with Gasteiger partial charge in [0.05, 0.1) is 0 Å². The minimum Gasteiger partial charge on any atom is -0.313 e. The summed E-state index contributed by atoms with van der Waals surface area (Å²) in [6.07, 6.45) is 2.69. The van der Waals surface area contributed by atoms with E-state index in [9.17, 15) is 0 Å². The lowest BCUT2D eigenvalue weighted by molar-refractivity contribution is 0.140. The van der Waals surface area contributed by atoms with E-state index in [1.165, 1.54) is 25.0 Å². The van der Waals surface area contributed by atoms with Gasteiger partial charge in [-0.3, -0.25) is 4.90 Å². The van der Waals surface area contributed by atoms with Gasteiger partial charge in [-0.1, -0.05) is 20.4 Å². The maximum absolute atomic E-state index is 4.14. The van der Waals surface area contributed by atoms with Gasteiger partial charge in [-0.25, -0.2) is 0 Å². The second-order valence-corrected chi connectivity index (χ2v) is 4.98. The summed E-state index contributed by atoms with van der Waals surface area (Å²) in [6, 6.07) is 0.729. The Labute approximate surface area is 94.7 Å². The molecule has 0 spiro atoms. The summed E-state index contributed by atoms with van der Waals surface area (Å²) in [5.74, 6) is 0.901. The fourth-order valence-corrected chi connectivity index (χ4v) is 2.34. The van der Waals surface area contributed by atoms with E-state index in [4.69, 9.17) is 0 Å². The van der Waals surface area contributed by atoms with E-state index in [1.54, 1.807) is 0 Å². The lowest BCUT2D eigenvalue weighted by Crippen LogP contribution is -2.42. The van der Waals surface area contributed by atoms with E-state index in [0.717, 1.165) is 31.6 Å². The summed E-state index contributed by atoms with van der Waals surface area (Å²) in [5.41, 5.74) is 1.32. The zero-order valence-corrected chi connectivity index (χ0v) is 10.6. The average Bonchev–Trinajstić information content (AvgIpc) is 2.19. The Morgan fingerprint density at radius 2 is 2.20 bits per heavy atom. The van der Waals surface area contributed by atoms with Gasteiger partial charge in [0.15, 0.2) is 0 Å². The zero-order chi connectivity index (χ0) is 11.3. The van der Waals surface area contributed by atoms with Crippen molar-refractivity contribution in [2.24, 2.45) is 5.92 Å². The van der Waals surface area contributed by atoms with Crippen molar-refractivity contribution in [3.63, 3.8) is 0 Å². The molecule has 0 saturated carbocycles. The van der Waals surface area contributed by atoms with Crippen LogP contribution in [-0.2, 0) is 0 Å². The molecule has 88 valence electrons. The molecule has 0 aliphatic carbocycles. The van der Waals surface area contributed by atoms with Crippen LogP contribution in [0.3, 0.4) is 0 Å². The zero-order valence-electron chi connectivity index (χ0n) is 10.6. The quantitative estimate of drug-likeness (QED) is 0.700. The Bertz CT molecular complexity index is 201. The van der Waals surface area contributed by atoms with Gasteiger partial charge in [-0.15, -0.1) is 0 Å². The predicted octanol–water partition coefficient (Wildman–Crippen LogP) is 2.27. The van der Waals surface area contributed by atoms with Gasteiger partial charge in [0, 0.05) is 19.1 Å². The highest BCUT2D eigenvalue weighted by atomic mass is 15.2. The smallest absolute Gasteiger partial charge is 0.0205 e. The van der Waals surface area contributed by atoms with E-state index >= 15 is 0 Å². The number of nitrogens with one attached hydrogen (secondary N) is 1. The number of nitrogens with zero attached hydrogens (tertiary/aromatic N) is 1. The lowest BCUT2D eigenvalue weighted by Gasteiger charge is -2.36. The van der Waals surface area contributed by atoms with Crippen LogP contribution in [0.4, 0.5) is 0 Å². The number of hydrogen-bond donors (Lipinski definition) is 1. The van der Waals surface area contributed by atoms with Gasteiger partial charge in [-0.2, -0.15) is 0 Å². The lowest BCUT2D eigenvalue weighted by atomic mass is 9.93. The van der Waals surface area contributed by atoms with Crippen LogP contribution in [0.15, 0.2) is 12.2 Å². The first-order valence-corrected chi connectivity index (χ1v) is 6.24. The standard InChI is InChI=1S/C13H26N2/c1-5-14-9-12(3)10-15-7-6-11(2)8-13(15)4/h11,13-14H,3,5-10H2,1-2,4H3. The van der Waals surface area contributed by atoms with Gasteiger partial charge in [0.2, 0.25) is 0 Å². The summed E-state index contributed by atoms with van der Waals surface area (Å²) in [4.78, 5) is 2.57. The van der Waals surface area contributed by atoms with Crippen LogP contribution in [0.5, 0.6) is 0 Å². The molecule has 15 heavy (non-hydrogen) atoms. The molecule has 1 aliphatic heterocycles. The molecule has 2 heteroatoms. The first kappa shape index (κ1) is 12.7. The van der Waals surface area contributed by atoms with E-state index in [2.05, 4.69) is 37.6 Å². The number of likely N-dealkylation sites (N-methyl/N-ethyl adjacent to an activating group) is 1. The van der Waals surface area contributed by atoms with Gasteiger partial charge in [0.1, 0.15) is 0 Å². The van der Waals surface area contributed by atoms with E-state index < -0.39 is 0 Å². The molecule has 2 unspecified atom stereocenters. The van der Waals surface area contributed by atoms with Crippen molar-refractivity contribution < 1.29 is 0 Å². The Kier molecular flexibility index (Phi) is 5.34. The van der Waals surface area contributed by atoms with Crippen LogP contribution in [0, 0.1) is 5.92 Å². The van der Waals surface area contributed by atoms with Crippen molar-refractivity contribution in [3.8, 4) is 0 Å². The molecule has 0 aromatic heterocycles.